The number of anilines is 1. The number of fused-ring (bicyclic) bond motifs is 1. The first-order valence-electron chi connectivity index (χ1n) is 9.54. The molecule has 1 aliphatic rings. The van der Waals surface area contributed by atoms with Crippen molar-refractivity contribution in [2.45, 2.75) is 25.9 Å². The fourth-order valence-corrected chi connectivity index (χ4v) is 3.49. The number of amides is 1. The molecule has 0 bridgehead atoms. The Kier molecular flexibility index (Phi) is 5.33. The lowest BCUT2D eigenvalue weighted by Gasteiger charge is -2.28. The van der Waals surface area contributed by atoms with Gasteiger partial charge in [0.2, 0.25) is 5.91 Å². The van der Waals surface area contributed by atoms with E-state index in [1.165, 1.54) is 5.56 Å². The summed E-state index contributed by atoms with van der Waals surface area (Å²) in [6.45, 7) is 3.45. The smallest absolute Gasteiger partial charge is 0.240 e. The number of benzene rings is 2. The summed E-state index contributed by atoms with van der Waals surface area (Å²) in [6, 6.07) is 19.8. The number of carbonyl (C=O) groups excluding carboxylic acids is 1. The van der Waals surface area contributed by atoms with Crippen LogP contribution in [0.1, 0.15) is 29.3 Å². The molecule has 1 N–H and O–H groups in total. The number of furan rings is 1. The molecule has 0 radical (unpaired) electrons. The zero-order valence-electron chi connectivity index (χ0n) is 15.9. The standard InChI is InChI=1S/C23H24N2O3/c1-17-8-10-18(11-9-17)25(15-19-5-4-13-27-19)16-23(26)24-21-12-14-28-22-7-3-2-6-20(21)22/h2-11,13,21H,12,14-16H2,1H3,(H,24,26). The Balaban J connectivity index is 1.48. The second kappa shape index (κ2) is 8.21. The average molecular weight is 376 g/mol. The van der Waals surface area contributed by atoms with E-state index in [4.69, 9.17) is 9.15 Å². The van der Waals surface area contributed by atoms with Crippen LogP contribution in [0.15, 0.2) is 71.3 Å². The van der Waals surface area contributed by atoms with Gasteiger partial charge < -0.3 is 19.4 Å². The van der Waals surface area contributed by atoms with E-state index in [1.54, 1.807) is 6.26 Å². The molecule has 0 aliphatic carbocycles. The maximum atomic E-state index is 12.9. The highest BCUT2D eigenvalue weighted by molar-refractivity contribution is 5.82. The molecular formula is C23H24N2O3. The lowest BCUT2D eigenvalue weighted by atomic mass is 10.0. The summed E-state index contributed by atoms with van der Waals surface area (Å²) < 4.78 is 11.2. The maximum Gasteiger partial charge on any atom is 0.240 e. The number of hydrogen-bond donors (Lipinski definition) is 1. The van der Waals surface area contributed by atoms with E-state index < -0.39 is 0 Å². The lowest BCUT2D eigenvalue weighted by molar-refractivity contribution is -0.120. The predicted molar refractivity (Wildman–Crippen MR) is 108 cm³/mol. The van der Waals surface area contributed by atoms with E-state index in [1.807, 2.05) is 53.4 Å². The number of para-hydroxylation sites is 1. The first kappa shape index (κ1) is 18.2. The minimum atomic E-state index is -0.0269. The molecule has 1 unspecified atom stereocenters. The summed E-state index contributed by atoms with van der Waals surface area (Å²) in [6.07, 6.45) is 2.42. The van der Waals surface area contributed by atoms with E-state index in [9.17, 15) is 4.79 Å². The van der Waals surface area contributed by atoms with Crippen molar-refractivity contribution in [1.82, 2.24) is 5.32 Å². The number of rotatable bonds is 6. The van der Waals surface area contributed by atoms with Crippen LogP contribution in [0.25, 0.3) is 0 Å². The molecule has 0 fully saturated rings. The molecule has 144 valence electrons. The van der Waals surface area contributed by atoms with Gasteiger partial charge in [0.05, 0.1) is 32.0 Å². The Morgan fingerprint density at radius 2 is 1.93 bits per heavy atom. The molecule has 1 atom stereocenters. The van der Waals surface area contributed by atoms with Crippen molar-refractivity contribution in [1.29, 1.82) is 0 Å². The highest BCUT2D eigenvalue weighted by atomic mass is 16.5. The predicted octanol–water partition coefficient (Wildman–Crippen LogP) is 4.23. The van der Waals surface area contributed by atoms with Gasteiger partial charge in [-0.1, -0.05) is 35.9 Å². The van der Waals surface area contributed by atoms with Gasteiger partial charge in [0, 0.05) is 17.7 Å². The Labute approximate surface area is 164 Å². The topological polar surface area (TPSA) is 54.7 Å². The second-order valence-corrected chi connectivity index (χ2v) is 7.07. The third-order valence-corrected chi connectivity index (χ3v) is 4.95. The molecular weight excluding hydrogens is 352 g/mol. The van der Waals surface area contributed by atoms with Crippen LogP contribution in [0.4, 0.5) is 5.69 Å². The molecule has 0 saturated carbocycles. The van der Waals surface area contributed by atoms with Crippen LogP contribution in [-0.2, 0) is 11.3 Å². The van der Waals surface area contributed by atoms with Gasteiger partial charge in [-0.25, -0.2) is 0 Å². The van der Waals surface area contributed by atoms with E-state index in [2.05, 4.69) is 24.4 Å². The van der Waals surface area contributed by atoms with Crippen molar-refractivity contribution in [3.05, 3.63) is 83.8 Å². The summed E-state index contributed by atoms with van der Waals surface area (Å²) >= 11 is 0. The summed E-state index contributed by atoms with van der Waals surface area (Å²) in [5, 5.41) is 3.18. The van der Waals surface area contributed by atoms with Crippen molar-refractivity contribution in [2.75, 3.05) is 18.1 Å². The molecule has 28 heavy (non-hydrogen) atoms. The molecule has 2 aromatic carbocycles. The first-order chi connectivity index (χ1) is 13.7. The third kappa shape index (κ3) is 4.19. The highest BCUT2D eigenvalue weighted by Gasteiger charge is 2.23. The van der Waals surface area contributed by atoms with Crippen LogP contribution in [0.5, 0.6) is 5.75 Å². The number of carbonyl (C=O) groups is 1. The highest BCUT2D eigenvalue weighted by Crippen LogP contribution is 2.31. The van der Waals surface area contributed by atoms with Gasteiger partial charge in [0.1, 0.15) is 11.5 Å². The minimum absolute atomic E-state index is 0.0196. The van der Waals surface area contributed by atoms with E-state index >= 15 is 0 Å². The first-order valence-corrected chi connectivity index (χ1v) is 9.54. The van der Waals surface area contributed by atoms with Gasteiger partial charge in [0.25, 0.3) is 0 Å². The molecule has 2 heterocycles. The van der Waals surface area contributed by atoms with Crippen molar-refractivity contribution in [3.63, 3.8) is 0 Å². The van der Waals surface area contributed by atoms with Crippen LogP contribution in [0, 0.1) is 6.92 Å². The van der Waals surface area contributed by atoms with Crippen LogP contribution in [0.2, 0.25) is 0 Å². The van der Waals surface area contributed by atoms with Gasteiger partial charge in [0.15, 0.2) is 0 Å². The summed E-state index contributed by atoms with van der Waals surface area (Å²) in [5.74, 6) is 1.66. The quantitative estimate of drug-likeness (QED) is 0.699. The second-order valence-electron chi connectivity index (χ2n) is 7.07. The lowest BCUT2D eigenvalue weighted by Crippen LogP contribution is -2.40. The number of ether oxygens (including phenoxy) is 1. The SMILES string of the molecule is Cc1ccc(N(CC(=O)NC2CCOc3ccccc32)Cc2ccco2)cc1. The van der Waals surface area contributed by atoms with Gasteiger partial charge in [-0.05, 0) is 37.3 Å². The van der Waals surface area contributed by atoms with Crippen LogP contribution in [0.3, 0.4) is 0 Å². The van der Waals surface area contributed by atoms with Crippen molar-refractivity contribution in [3.8, 4) is 5.75 Å². The number of aryl methyl sites for hydroxylation is 1. The Bertz CT molecular complexity index is 919. The Hall–Kier alpha value is -3.21. The van der Waals surface area contributed by atoms with Gasteiger partial charge >= 0.3 is 0 Å². The molecule has 1 amide bonds. The Morgan fingerprint density at radius 1 is 1.11 bits per heavy atom. The average Bonchev–Trinajstić information content (AvgIpc) is 3.21. The van der Waals surface area contributed by atoms with Gasteiger partial charge in [-0.3, -0.25) is 4.79 Å². The van der Waals surface area contributed by atoms with Crippen LogP contribution >= 0.6 is 0 Å². The monoisotopic (exact) mass is 376 g/mol. The molecule has 5 nitrogen and oxygen atoms in total. The molecule has 0 spiro atoms. The zero-order valence-corrected chi connectivity index (χ0v) is 15.9. The van der Waals surface area contributed by atoms with Crippen molar-refractivity contribution >= 4 is 11.6 Å². The fraction of sp³-hybridized carbons (Fsp3) is 0.261. The van der Waals surface area contributed by atoms with E-state index in [-0.39, 0.29) is 18.5 Å². The normalized spacial score (nSPS) is 15.4. The molecule has 1 aromatic heterocycles. The number of nitrogens with one attached hydrogen (secondary N) is 1. The largest absolute Gasteiger partial charge is 0.493 e. The molecule has 0 saturated heterocycles. The van der Waals surface area contributed by atoms with E-state index in [0.717, 1.165) is 29.2 Å². The van der Waals surface area contributed by atoms with E-state index in [0.29, 0.717) is 13.2 Å². The maximum absolute atomic E-state index is 12.9. The van der Waals surface area contributed by atoms with Crippen molar-refractivity contribution < 1.29 is 13.9 Å². The molecule has 1 aliphatic heterocycles. The summed E-state index contributed by atoms with van der Waals surface area (Å²) in [7, 11) is 0. The zero-order chi connectivity index (χ0) is 19.3. The van der Waals surface area contributed by atoms with Gasteiger partial charge in [-0.2, -0.15) is 0 Å². The van der Waals surface area contributed by atoms with Crippen LogP contribution in [-0.4, -0.2) is 19.1 Å². The molecule has 3 aromatic rings. The summed E-state index contributed by atoms with van der Waals surface area (Å²) in [5.41, 5.74) is 3.21. The third-order valence-electron chi connectivity index (χ3n) is 4.95. The number of nitrogens with zero attached hydrogens (tertiary/aromatic N) is 1. The summed E-state index contributed by atoms with van der Waals surface area (Å²) in [4.78, 5) is 14.9. The molecule has 4 rings (SSSR count). The number of hydrogen-bond acceptors (Lipinski definition) is 4. The minimum Gasteiger partial charge on any atom is -0.493 e. The molecule has 5 heteroatoms. The van der Waals surface area contributed by atoms with Gasteiger partial charge in [-0.15, -0.1) is 0 Å². The fourth-order valence-electron chi connectivity index (χ4n) is 3.49. The van der Waals surface area contributed by atoms with Crippen molar-refractivity contribution in [2.24, 2.45) is 0 Å². The Morgan fingerprint density at radius 3 is 2.71 bits per heavy atom. The van der Waals surface area contributed by atoms with Crippen LogP contribution < -0.4 is 15.0 Å².